The molecule has 2 rings (SSSR count). The fraction of sp³-hybridized carbons (Fsp3) is 0.545. The van der Waals surface area contributed by atoms with E-state index in [1.807, 2.05) is 19.1 Å². The van der Waals surface area contributed by atoms with Crippen molar-refractivity contribution in [2.24, 2.45) is 0 Å². The van der Waals surface area contributed by atoms with E-state index in [9.17, 15) is 4.79 Å². The van der Waals surface area contributed by atoms with Crippen molar-refractivity contribution in [3.63, 3.8) is 0 Å². The molecule has 1 amide bonds. The van der Waals surface area contributed by atoms with Crippen molar-refractivity contribution in [3.05, 3.63) is 23.5 Å². The lowest BCUT2D eigenvalue weighted by atomic mass is 10.1. The highest BCUT2D eigenvalue weighted by molar-refractivity contribution is 5.92. The van der Waals surface area contributed by atoms with Gasteiger partial charge in [0.25, 0.3) is 5.91 Å². The predicted molar refractivity (Wildman–Crippen MR) is 66.1 cm³/mol. The van der Waals surface area contributed by atoms with E-state index in [0.29, 0.717) is 11.7 Å². The zero-order chi connectivity index (χ0) is 10.7. The number of nitrogens with one attached hydrogen (secondary N) is 3. The molecule has 0 bridgehead atoms. The van der Waals surface area contributed by atoms with Gasteiger partial charge in [-0.3, -0.25) is 4.79 Å². The van der Waals surface area contributed by atoms with Crippen molar-refractivity contribution in [1.82, 2.24) is 15.6 Å². The number of hydrogen-bond acceptors (Lipinski definition) is 2. The third kappa shape index (κ3) is 3.25. The minimum atomic E-state index is 0. The van der Waals surface area contributed by atoms with Gasteiger partial charge in [0.15, 0.2) is 0 Å². The lowest BCUT2D eigenvalue weighted by molar-refractivity contribution is 0.0925. The molecule has 3 N–H and O–H groups in total. The van der Waals surface area contributed by atoms with Crippen LogP contribution in [0.4, 0.5) is 0 Å². The van der Waals surface area contributed by atoms with Crippen LogP contribution in [0.5, 0.6) is 0 Å². The molecule has 1 aromatic rings. The molecule has 0 aromatic carbocycles. The Balaban J connectivity index is 0.00000128. The maximum absolute atomic E-state index is 11.8. The van der Waals surface area contributed by atoms with Crippen molar-refractivity contribution < 1.29 is 4.79 Å². The summed E-state index contributed by atoms with van der Waals surface area (Å²) in [7, 11) is 0. The fourth-order valence-corrected chi connectivity index (χ4v) is 1.87. The van der Waals surface area contributed by atoms with E-state index >= 15 is 0 Å². The van der Waals surface area contributed by atoms with Crippen LogP contribution in [-0.2, 0) is 0 Å². The van der Waals surface area contributed by atoms with Crippen molar-refractivity contribution in [1.29, 1.82) is 0 Å². The maximum atomic E-state index is 11.8. The van der Waals surface area contributed by atoms with Crippen LogP contribution in [0.1, 0.15) is 29.0 Å². The highest BCUT2D eigenvalue weighted by Gasteiger charge is 2.16. The van der Waals surface area contributed by atoms with Crippen LogP contribution in [-0.4, -0.2) is 30.0 Å². The quantitative estimate of drug-likeness (QED) is 0.732. The standard InChI is InChI=1S/C11H17N3O.ClH/c1-8-2-3-10(13-8)11(15)14-9-4-6-12-7-5-9;/h2-3,9,12-13H,4-7H2,1H3,(H,14,15);1H. The van der Waals surface area contributed by atoms with Crippen molar-refractivity contribution in [3.8, 4) is 0 Å². The molecular weight excluding hydrogens is 226 g/mol. The van der Waals surface area contributed by atoms with Crippen LogP contribution in [0, 0.1) is 6.92 Å². The monoisotopic (exact) mass is 243 g/mol. The number of amides is 1. The minimum absolute atomic E-state index is 0. The molecule has 90 valence electrons. The normalized spacial score (nSPS) is 16.6. The highest BCUT2D eigenvalue weighted by Crippen LogP contribution is 2.05. The summed E-state index contributed by atoms with van der Waals surface area (Å²) in [4.78, 5) is 14.8. The third-order valence-corrected chi connectivity index (χ3v) is 2.75. The van der Waals surface area contributed by atoms with Crippen molar-refractivity contribution in [2.75, 3.05) is 13.1 Å². The molecule has 0 aliphatic carbocycles. The first-order valence-corrected chi connectivity index (χ1v) is 5.43. The van der Waals surface area contributed by atoms with E-state index in [4.69, 9.17) is 0 Å². The number of aromatic amines is 1. The fourth-order valence-electron chi connectivity index (χ4n) is 1.87. The van der Waals surface area contributed by atoms with Gasteiger partial charge in [-0.1, -0.05) is 0 Å². The Hall–Kier alpha value is -1.00. The molecule has 1 saturated heterocycles. The van der Waals surface area contributed by atoms with E-state index in [2.05, 4.69) is 15.6 Å². The first kappa shape index (κ1) is 13.1. The van der Waals surface area contributed by atoms with Crippen LogP contribution in [0.2, 0.25) is 0 Å². The average molecular weight is 244 g/mol. The number of carbonyl (C=O) groups excluding carboxylic acids is 1. The van der Waals surface area contributed by atoms with Crippen LogP contribution >= 0.6 is 12.4 Å². The molecule has 0 unspecified atom stereocenters. The number of aryl methyl sites for hydroxylation is 1. The molecular formula is C11H18ClN3O. The molecule has 5 heteroatoms. The Labute approximate surface area is 102 Å². The second-order valence-electron chi connectivity index (χ2n) is 4.05. The Morgan fingerprint density at radius 2 is 2.06 bits per heavy atom. The van der Waals surface area contributed by atoms with Crippen molar-refractivity contribution >= 4 is 18.3 Å². The number of halogens is 1. The van der Waals surface area contributed by atoms with Gasteiger partial charge in [0.2, 0.25) is 0 Å². The summed E-state index contributed by atoms with van der Waals surface area (Å²) >= 11 is 0. The van der Waals surface area contributed by atoms with E-state index in [-0.39, 0.29) is 18.3 Å². The van der Waals surface area contributed by atoms with Crippen molar-refractivity contribution in [2.45, 2.75) is 25.8 Å². The van der Waals surface area contributed by atoms with Gasteiger partial charge >= 0.3 is 0 Å². The lowest BCUT2D eigenvalue weighted by Gasteiger charge is -2.23. The summed E-state index contributed by atoms with van der Waals surface area (Å²) in [5.74, 6) is 0.00926. The van der Waals surface area contributed by atoms with Gasteiger partial charge in [-0.2, -0.15) is 0 Å². The van der Waals surface area contributed by atoms with Gasteiger partial charge in [0.05, 0.1) is 0 Å². The number of hydrogen-bond donors (Lipinski definition) is 3. The topological polar surface area (TPSA) is 56.9 Å². The Morgan fingerprint density at radius 1 is 1.38 bits per heavy atom. The summed E-state index contributed by atoms with van der Waals surface area (Å²) in [6, 6.07) is 4.06. The van der Waals surface area contributed by atoms with Crippen LogP contribution < -0.4 is 10.6 Å². The summed E-state index contributed by atoms with van der Waals surface area (Å²) in [6.07, 6.45) is 2.04. The Kier molecular flexibility index (Phi) is 4.83. The lowest BCUT2D eigenvalue weighted by Crippen LogP contribution is -2.42. The second-order valence-corrected chi connectivity index (χ2v) is 4.05. The van der Waals surface area contributed by atoms with Gasteiger partial charge in [-0.25, -0.2) is 0 Å². The minimum Gasteiger partial charge on any atom is -0.355 e. The molecule has 0 radical (unpaired) electrons. The largest absolute Gasteiger partial charge is 0.355 e. The highest BCUT2D eigenvalue weighted by atomic mass is 35.5. The van der Waals surface area contributed by atoms with E-state index in [0.717, 1.165) is 31.6 Å². The SMILES string of the molecule is Cc1ccc(C(=O)NC2CCNCC2)[nH]1.Cl. The molecule has 1 aliphatic rings. The molecule has 2 heterocycles. The van der Waals surface area contributed by atoms with E-state index in [1.54, 1.807) is 0 Å². The smallest absolute Gasteiger partial charge is 0.267 e. The van der Waals surface area contributed by atoms with Gasteiger partial charge in [-0.15, -0.1) is 12.4 Å². The van der Waals surface area contributed by atoms with Gasteiger partial charge in [0, 0.05) is 11.7 Å². The number of carbonyl (C=O) groups is 1. The zero-order valence-electron chi connectivity index (χ0n) is 9.38. The third-order valence-electron chi connectivity index (χ3n) is 2.75. The molecule has 4 nitrogen and oxygen atoms in total. The van der Waals surface area contributed by atoms with Gasteiger partial charge < -0.3 is 15.6 Å². The molecule has 0 spiro atoms. The van der Waals surface area contributed by atoms with E-state index < -0.39 is 0 Å². The zero-order valence-corrected chi connectivity index (χ0v) is 10.2. The molecule has 0 atom stereocenters. The number of rotatable bonds is 2. The first-order valence-electron chi connectivity index (χ1n) is 5.43. The first-order chi connectivity index (χ1) is 7.25. The predicted octanol–water partition coefficient (Wildman–Crippen LogP) is 1.23. The summed E-state index contributed by atoms with van der Waals surface area (Å²) in [5, 5.41) is 6.31. The maximum Gasteiger partial charge on any atom is 0.267 e. The summed E-state index contributed by atoms with van der Waals surface area (Å²) < 4.78 is 0. The molecule has 1 aliphatic heterocycles. The van der Waals surface area contributed by atoms with E-state index in [1.165, 1.54) is 0 Å². The second kappa shape index (κ2) is 5.92. The Bertz CT molecular complexity index is 345. The number of aromatic nitrogens is 1. The molecule has 1 fully saturated rings. The summed E-state index contributed by atoms with van der Waals surface area (Å²) in [5.41, 5.74) is 1.68. The van der Waals surface area contributed by atoms with Crippen LogP contribution in [0.15, 0.2) is 12.1 Å². The van der Waals surface area contributed by atoms with Gasteiger partial charge in [-0.05, 0) is 45.0 Å². The molecule has 16 heavy (non-hydrogen) atoms. The number of piperidine rings is 1. The number of H-pyrrole nitrogens is 1. The summed E-state index contributed by atoms with van der Waals surface area (Å²) in [6.45, 7) is 3.94. The molecule has 0 saturated carbocycles. The van der Waals surface area contributed by atoms with Crippen LogP contribution in [0.25, 0.3) is 0 Å². The van der Waals surface area contributed by atoms with Crippen LogP contribution in [0.3, 0.4) is 0 Å². The Morgan fingerprint density at radius 3 is 2.62 bits per heavy atom. The average Bonchev–Trinajstić information content (AvgIpc) is 2.66. The molecule has 1 aromatic heterocycles. The van der Waals surface area contributed by atoms with Gasteiger partial charge in [0.1, 0.15) is 5.69 Å².